The topological polar surface area (TPSA) is 92.9 Å². The number of nitrogen functional groups attached to an aromatic ring is 1. The molecule has 2 rings (SSSR count). The summed E-state index contributed by atoms with van der Waals surface area (Å²) in [4.78, 5) is -0.0677. The molecule has 1 aromatic rings. The predicted molar refractivity (Wildman–Crippen MR) is 71.0 cm³/mol. The van der Waals surface area contributed by atoms with E-state index in [1.165, 1.54) is 10.4 Å². The van der Waals surface area contributed by atoms with Gasteiger partial charge in [0.25, 0.3) is 0 Å². The smallest absolute Gasteiger partial charge is 0.243 e. The molecule has 0 radical (unpaired) electrons. The molecule has 2 atom stereocenters. The largest absolute Gasteiger partial charge is 0.396 e. The molecule has 8 heteroatoms. The Balaban J connectivity index is 2.35. The summed E-state index contributed by atoms with van der Waals surface area (Å²) in [5, 5.41) is 9.10. The zero-order chi connectivity index (χ0) is 14.9. The minimum Gasteiger partial charge on any atom is -0.396 e. The van der Waals surface area contributed by atoms with Gasteiger partial charge in [0.15, 0.2) is 0 Å². The van der Waals surface area contributed by atoms with Crippen molar-refractivity contribution in [2.75, 3.05) is 25.5 Å². The van der Waals surface area contributed by atoms with Crippen LogP contribution in [0.4, 0.5) is 10.1 Å². The first-order valence-corrected chi connectivity index (χ1v) is 7.59. The molecule has 1 aromatic carbocycles. The number of sulfonamides is 1. The predicted octanol–water partition coefficient (Wildman–Crippen LogP) is 0.178. The molecule has 0 aromatic heterocycles. The first-order chi connectivity index (χ1) is 9.36. The van der Waals surface area contributed by atoms with Crippen LogP contribution >= 0.6 is 0 Å². The van der Waals surface area contributed by atoms with E-state index in [0.717, 1.165) is 12.1 Å². The highest BCUT2D eigenvalue weighted by molar-refractivity contribution is 7.89. The maximum atomic E-state index is 13.1. The maximum absolute atomic E-state index is 13.1. The summed E-state index contributed by atoms with van der Waals surface area (Å²) in [6, 6.07) is 2.93. The van der Waals surface area contributed by atoms with Crippen LogP contribution in [0.15, 0.2) is 23.1 Å². The molecule has 0 bridgehead atoms. The number of nitrogens with zero attached hydrogens (tertiary/aromatic N) is 1. The Kier molecular flexibility index (Phi) is 4.28. The van der Waals surface area contributed by atoms with Crippen molar-refractivity contribution >= 4 is 15.7 Å². The van der Waals surface area contributed by atoms with Crippen molar-refractivity contribution in [1.82, 2.24) is 4.31 Å². The van der Waals surface area contributed by atoms with Gasteiger partial charge < -0.3 is 15.6 Å². The summed E-state index contributed by atoms with van der Waals surface area (Å²) < 4.78 is 44.7. The van der Waals surface area contributed by atoms with Crippen molar-refractivity contribution in [3.63, 3.8) is 0 Å². The molecule has 1 fully saturated rings. The zero-order valence-electron chi connectivity index (χ0n) is 11.0. The fraction of sp³-hybridized carbons (Fsp3) is 0.500. The van der Waals surface area contributed by atoms with E-state index in [-0.39, 0.29) is 36.4 Å². The molecule has 0 aliphatic carbocycles. The Morgan fingerprint density at radius 1 is 1.55 bits per heavy atom. The average Bonchev–Trinajstić information content (AvgIpc) is 2.42. The molecule has 0 saturated carbocycles. The number of aliphatic hydroxyl groups is 1. The second-order valence-electron chi connectivity index (χ2n) is 4.74. The third kappa shape index (κ3) is 2.78. The van der Waals surface area contributed by atoms with Gasteiger partial charge in [-0.3, -0.25) is 0 Å². The lowest BCUT2D eigenvalue weighted by atomic mass is 10.2. The minimum absolute atomic E-state index is 0.0529. The first kappa shape index (κ1) is 15.2. The number of aliphatic hydroxyl groups excluding tert-OH is 1. The van der Waals surface area contributed by atoms with Gasteiger partial charge in [-0.2, -0.15) is 4.31 Å². The molecule has 20 heavy (non-hydrogen) atoms. The summed E-state index contributed by atoms with van der Waals surface area (Å²) in [5.74, 6) is -0.660. The van der Waals surface area contributed by atoms with Crippen molar-refractivity contribution in [2.45, 2.75) is 24.0 Å². The Morgan fingerprint density at radius 2 is 2.25 bits per heavy atom. The molecule has 2 unspecified atom stereocenters. The van der Waals surface area contributed by atoms with E-state index < -0.39 is 21.9 Å². The molecule has 1 aliphatic heterocycles. The number of benzene rings is 1. The van der Waals surface area contributed by atoms with Gasteiger partial charge in [0, 0.05) is 12.6 Å². The summed E-state index contributed by atoms with van der Waals surface area (Å²) >= 11 is 0. The van der Waals surface area contributed by atoms with Crippen LogP contribution in [0.5, 0.6) is 0 Å². The summed E-state index contributed by atoms with van der Waals surface area (Å²) in [6.45, 7) is 1.70. The van der Waals surface area contributed by atoms with Crippen LogP contribution in [0.2, 0.25) is 0 Å². The monoisotopic (exact) mass is 304 g/mol. The second kappa shape index (κ2) is 5.65. The van der Waals surface area contributed by atoms with Crippen LogP contribution in [0.25, 0.3) is 0 Å². The molecular formula is C12H17FN2O4S. The summed E-state index contributed by atoms with van der Waals surface area (Å²) in [5.41, 5.74) is 5.20. The average molecular weight is 304 g/mol. The van der Waals surface area contributed by atoms with Gasteiger partial charge in [0.2, 0.25) is 10.0 Å². The van der Waals surface area contributed by atoms with Gasteiger partial charge in [0.1, 0.15) is 5.82 Å². The van der Waals surface area contributed by atoms with E-state index in [9.17, 15) is 12.8 Å². The molecular weight excluding hydrogens is 287 g/mol. The summed E-state index contributed by atoms with van der Waals surface area (Å²) in [6.07, 6.45) is -0.557. The Bertz CT molecular complexity index is 593. The van der Waals surface area contributed by atoms with Crippen molar-refractivity contribution in [3.05, 3.63) is 24.0 Å². The van der Waals surface area contributed by atoms with Crippen LogP contribution in [0, 0.1) is 5.82 Å². The Morgan fingerprint density at radius 3 is 2.85 bits per heavy atom. The number of ether oxygens (including phenoxy) is 1. The van der Waals surface area contributed by atoms with Crippen LogP contribution in [-0.4, -0.2) is 49.7 Å². The van der Waals surface area contributed by atoms with Crippen LogP contribution in [-0.2, 0) is 14.8 Å². The second-order valence-corrected chi connectivity index (χ2v) is 6.64. The number of morpholine rings is 1. The van der Waals surface area contributed by atoms with Crippen molar-refractivity contribution in [1.29, 1.82) is 0 Å². The molecule has 0 amide bonds. The standard InChI is InChI=1S/C12H17FN2O4S/c1-8-7-19-9(6-16)5-15(8)20(17,18)10-2-3-11(13)12(14)4-10/h2-4,8-9,16H,5-7,14H2,1H3. The molecule has 112 valence electrons. The van der Waals surface area contributed by atoms with Crippen molar-refractivity contribution in [3.8, 4) is 0 Å². The van der Waals surface area contributed by atoms with Gasteiger partial charge in [-0.25, -0.2) is 12.8 Å². The van der Waals surface area contributed by atoms with Gasteiger partial charge in [-0.1, -0.05) is 0 Å². The van der Waals surface area contributed by atoms with Crippen molar-refractivity contribution in [2.24, 2.45) is 0 Å². The number of hydrogen-bond acceptors (Lipinski definition) is 5. The highest BCUT2D eigenvalue weighted by atomic mass is 32.2. The molecule has 1 aliphatic rings. The first-order valence-electron chi connectivity index (χ1n) is 6.15. The summed E-state index contributed by atoms with van der Waals surface area (Å²) in [7, 11) is -3.80. The quantitative estimate of drug-likeness (QED) is 0.777. The fourth-order valence-corrected chi connectivity index (χ4v) is 3.74. The molecule has 3 N–H and O–H groups in total. The van der Waals surface area contributed by atoms with Crippen LogP contribution in [0.3, 0.4) is 0 Å². The fourth-order valence-electron chi connectivity index (χ4n) is 2.05. The van der Waals surface area contributed by atoms with Gasteiger partial charge in [-0.15, -0.1) is 0 Å². The highest BCUT2D eigenvalue weighted by Crippen LogP contribution is 2.24. The molecule has 6 nitrogen and oxygen atoms in total. The van der Waals surface area contributed by atoms with E-state index in [1.54, 1.807) is 6.92 Å². The lowest BCUT2D eigenvalue weighted by Crippen LogP contribution is -2.51. The molecule has 1 heterocycles. The third-order valence-electron chi connectivity index (χ3n) is 3.23. The van der Waals surface area contributed by atoms with E-state index >= 15 is 0 Å². The maximum Gasteiger partial charge on any atom is 0.243 e. The third-order valence-corrected chi connectivity index (χ3v) is 5.20. The van der Waals surface area contributed by atoms with Crippen molar-refractivity contribution < 1.29 is 22.7 Å². The van der Waals surface area contributed by atoms with Crippen LogP contribution < -0.4 is 5.73 Å². The Hall–Kier alpha value is -1.22. The number of halogens is 1. The Labute approximate surface area is 117 Å². The SMILES string of the molecule is CC1COC(CO)CN1S(=O)(=O)c1ccc(F)c(N)c1. The highest BCUT2D eigenvalue weighted by Gasteiger charge is 2.35. The number of nitrogens with two attached hydrogens (primary N) is 1. The number of rotatable bonds is 3. The van der Waals surface area contributed by atoms with E-state index in [2.05, 4.69) is 0 Å². The zero-order valence-corrected chi connectivity index (χ0v) is 11.8. The lowest BCUT2D eigenvalue weighted by molar-refractivity contribution is -0.0516. The van der Waals surface area contributed by atoms with Gasteiger partial charge >= 0.3 is 0 Å². The van der Waals surface area contributed by atoms with E-state index in [4.69, 9.17) is 15.6 Å². The van der Waals surface area contributed by atoms with E-state index in [0.29, 0.717) is 0 Å². The molecule has 1 saturated heterocycles. The van der Waals surface area contributed by atoms with E-state index in [1.807, 2.05) is 0 Å². The minimum atomic E-state index is -3.80. The number of hydrogen-bond donors (Lipinski definition) is 2. The van der Waals surface area contributed by atoms with Gasteiger partial charge in [-0.05, 0) is 25.1 Å². The van der Waals surface area contributed by atoms with Crippen LogP contribution in [0.1, 0.15) is 6.92 Å². The molecule has 0 spiro atoms. The van der Waals surface area contributed by atoms with Gasteiger partial charge in [0.05, 0.1) is 29.9 Å². The normalized spacial score (nSPS) is 24.8. The number of anilines is 1. The lowest BCUT2D eigenvalue weighted by Gasteiger charge is -2.36.